The molecule has 114 valence electrons. The third-order valence-electron chi connectivity index (χ3n) is 4.48. The summed E-state index contributed by atoms with van der Waals surface area (Å²) in [7, 11) is 1.29. The smallest absolute Gasteiger partial charge is 0.408 e. The zero-order valence-electron chi connectivity index (χ0n) is 12.5. The second-order valence-corrected chi connectivity index (χ2v) is 6.75. The van der Waals surface area contributed by atoms with E-state index in [4.69, 9.17) is 9.47 Å². The molecule has 1 amide bonds. The number of methoxy groups -OCH3 is 1. The lowest BCUT2D eigenvalue weighted by Gasteiger charge is -2.64. The van der Waals surface area contributed by atoms with E-state index in [9.17, 15) is 14.7 Å². The number of rotatable bonds is 2. The standard InChI is InChI=1S/C14H23NO5/c1-12(2,3)20-11(18)15-14(10(17)19-4)8-9(16)13(14)6-5-7-13/h9,16H,5-8H2,1-4H3,(H,15,18). The summed E-state index contributed by atoms with van der Waals surface area (Å²) in [6.07, 6.45) is 1.30. The number of carbonyl (C=O) groups excluding carboxylic acids is 2. The Labute approximate surface area is 118 Å². The zero-order valence-corrected chi connectivity index (χ0v) is 12.5. The molecule has 0 aliphatic heterocycles. The average Bonchev–Trinajstić information content (AvgIpc) is 2.21. The molecule has 0 aromatic rings. The molecule has 0 radical (unpaired) electrons. The average molecular weight is 285 g/mol. The lowest BCUT2D eigenvalue weighted by atomic mass is 9.43. The van der Waals surface area contributed by atoms with E-state index in [-0.39, 0.29) is 6.42 Å². The monoisotopic (exact) mass is 285 g/mol. The number of hydrogen-bond donors (Lipinski definition) is 2. The van der Waals surface area contributed by atoms with Crippen molar-refractivity contribution in [2.24, 2.45) is 5.41 Å². The quantitative estimate of drug-likeness (QED) is 0.748. The van der Waals surface area contributed by atoms with E-state index in [2.05, 4.69) is 5.32 Å². The normalized spacial score (nSPS) is 30.9. The first-order valence-corrected chi connectivity index (χ1v) is 6.94. The second-order valence-electron chi connectivity index (χ2n) is 6.75. The molecule has 20 heavy (non-hydrogen) atoms. The Morgan fingerprint density at radius 2 is 1.90 bits per heavy atom. The number of esters is 1. The van der Waals surface area contributed by atoms with Gasteiger partial charge in [0.1, 0.15) is 5.60 Å². The van der Waals surface area contributed by atoms with Crippen molar-refractivity contribution in [3.05, 3.63) is 0 Å². The molecular weight excluding hydrogens is 262 g/mol. The van der Waals surface area contributed by atoms with Gasteiger partial charge in [0.15, 0.2) is 5.54 Å². The van der Waals surface area contributed by atoms with Crippen LogP contribution in [0.1, 0.15) is 46.5 Å². The van der Waals surface area contributed by atoms with Crippen molar-refractivity contribution in [3.8, 4) is 0 Å². The molecule has 2 N–H and O–H groups in total. The maximum Gasteiger partial charge on any atom is 0.408 e. The van der Waals surface area contributed by atoms with Crippen molar-refractivity contribution in [2.75, 3.05) is 7.11 Å². The van der Waals surface area contributed by atoms with E-state index in [1.165, 1.54) is 7.11 Å². The Morgan fingerprint density at radius 1 is 1.30 bits per heavy atom. The highest BCUT2D eigenvalue weighted by atomic mass is 16.6. The van der Waals surface area contributed by atoms with Crippen LogP contribution in [-0.2, 0) is 14.3 Å². The number of aliphatic hydroxyl groups is 1. The predicted molar refractivity (Wildman–Crippen MR) is 71.0 cm³/mol. The number of carbonyl (C=O) groups is 2. The van der Waals surface area contributed by atoms with Gasteiger partial charge in [-0.05, 0) is 33.6 Å². The molecule has 2 aliphatic carbocycles. The van der Waals surface area contributed by atoms with E-state index < -0.39 is 34.7 Å². The van der Waals surface area contributed by atoms with Crippen LogP contribution in [0, 0.1) is 5.41 Å². The van der Waals surface area contributed by atoms with E-state index >= 15 is 0 Å². The van der Waals surface area contributed by atoms with Crippen LogP contribution >= 0.6 is 0 Å². The van der Waals surface area contributed by atoms with Crippen molar-refractivity contribution in [2.45, 2.75) is 63.7 Å². The van der Waals surface area contributed by atoms with E-state index in [0.717, 1.165) is 6.42 Å². The first-order valence-electron chi connectivity index (χ1n) is 6.94. The van der Waals surface area contributed by atoms with Crippen LogP contribution in [-0.4, -0.2) is 41.5 Å². The maximum atomic E-state index is 12.2. The Kier molecular flexibility index (Phi) is 3.48. The highest BCUT2D eigenvalue weighted by Gasteiger charge is 2.72. The Bertz CT molecular complexity index is 424. The fourth-order valence-corrected chi connectivity index (χ4v) is 3.32. The van der Waals surface area contributed by atoms with Gasteiger partial charge in [0, 0.05) is 11.8 Å². The van der Waals surface area contributed by atoms with Crippen molar-refractivity contribution in [1.82, 2.24) is 5.32 Å². The molecule has 2 unspecified atom stereocenters. The molecular formula is C14H23NO5. The third-order valence-corrected chi connectivity index (χ3v) is 4.48. The van der Waals surface area contributed by atoms with Crippen LogP contribution in [0.2, 0.25) is 0 Å². The SMILES string of the molecule is COC(=O)C1(NC(=O)OC(C)(C)C)CC(O)C12CCC2. The summed E-state index contributed by atoms with van der Waals surface area (Å²) >= 11 is 0. The van der Waals surface area contributed by atoms with Crippen LogP contribution in [0.3, 0.4) is 0 Å². The van der Waals surface area contributed by atoms with Crippen molar-refractivity contribution in [1.29, 1.82) is 0 Å². The zero-order chi connectivity index (χ0) is 15.2. The van der Waals surface area contributed by atoms with Gasteiger partial charge in [-0.2, -0.15) is 0 Å². The summed E-state index contributed by atoms with van der Waals surface area (Å²) in [4.78, 5) is 24.2. The van der Waals surface area contributed by atoms with Gasteiger partial charge in [-0.1, -0.05) is 6.42 Å². The molecule has 2 saturated carbocycles. The van der Waals surface area contributed by atoms with Crippen LogP contribution in [0.25, 0.3) is 0 Å². The van der Waals surface area contributed by atoms with Gasteiger partial charge in [0.2, 0.25) is 0 Å². The van der Waals surface area contributed by atoms with Gasteiger partial charge < -0.3 is 19.9 Å². The number of aliphatic hydroxyl groups excluding tert-OH is 1. The van der Waals surface area contributed by atoms with Crippen LogP contribution in [0.4, 0.5) is 4.79 Å². The van der Waals surface area contributed by atoms with E-state index in [0.29, 0.717) is 12.8 Å². The number of nitrogens with one attached hydrogen (secondary N) is 1. The highest BCUT2D eigenvalue weighted by Crippen LogP contribution is 2.62. The van der Waals surface area contributed by atoms with Crippen molar-refractivity contribution < 1.29 is 24.2 Å². The lowest BCUT2D eigenvalue weighted by molar-refractivity contribution is -0.215. The van der Waals surface area contributed by atoms with Crippen LogP contribution in [0.15, 0.2) is 0 Å². The summed E-state index contributed by atoms with van der Waals surface area (Å²) in [6, 6.07) is 0. The third kappa shape index (κ3) is 2.06. The Hall–Kier alpha value is -1.30. The summed E-state index contributed by atoms with van der Waals surface area (Å²) in [5.74, 6) is -0.506. The van der Waals surface area contributed by atoms with Gasteiger partial charge in [0.25, 0.3) is 0 Å². The highest BCUT2D eigenvalue weighted by molar-refractivity contribution is 5.89. The molecule has 0 heterocycles. The van der Waals surface area contributed by atoms with E-state index in [1.807, 2.05) is 0 Å². The first kappa shape index (κ1) is 15.1. The summed E-state index contributed by atoms with van der Waals surface area (Å²) < 4.78 is 10.1. The summed E-state index contributed by atoms with van der Waals surface area (Å²) in [5.41, 5.74) is -2.38. The maximum absolute atomic E-state index is 12.2. The molecule has 0 aromatic carbocycles. The molecule has 6 heteroatoms. The molecule has 0 aromatic heterocycles. The van der Waals surface area contributed by atoms with Gasteiger partial charge in [-0.25, -0.2) is 9.59 Å². The lowest BCUT2D eigenvalue weighted by Crippen LogP contribution is -2.79. The fraction of sp³-hybridized carbons (Fsp3) is 0.857. The molecule has 2 aliphatic rings. The van der Waals surface area contributed by atoms with Gasteiger partial charge >= 0.3 is 12.1 Å². The van der Waals surface area contributed by atoms with E-state index in [1.54, 1.807) is 20.8 Å². The number of ether oxygens (including phenoxy) is 2. The molecule has 1 spiro atoms. The van der Waals surface area contributed by atoms with Gasteiger partial charge in [-0.3, -0.25) is 0 Å². The molecule has 2 atom stereocenters. The van der Waals surface area contributed by atoms with Crippen LogP contribution < -0.4 is 5.32 Å². The molecule has 6 nitrogen and oxygen atoms in total. The van der Waals surface area contributed by atoms with Crippen LogP contribution in [0.5, 0.6) is 0 Å². The number of hydrogen-bond acceptors (Lipinski definition) is 5. The minimum absolute atomic E-state index is 0.179. The van der Waals surface area contributed by atoms with Gasteiger partial charge in [0.05, 0.1) is 13.2 Å². The number of alkyl carbamates (subject to hydrolysis) is 1. The molecule has 2 fully saturated rings. The Balaban J connectivity index is 2.18. The Morgan fingerprint density at radius 3 is 2.25 bits per heavy atom. The second kappa shape index (κ2) is 4.62. The minimum atomic E-state index is -1.15. The summed E-state index contributed by atoms with van der Waals surface area (Å²) in [5, 5.41) is 12.7. The largest absolute Gasteiger partial charge is 0.467 e. The predicted octanol–water partition coefficient (Wildman–Crippen LogP) is 1.36. The molecule has 0 bridgehead atoms. The summed E-state index contributed by atoms with van der Waals surface area (Å²) in [6.45, 7) is 5.27. The van der Waals surface area contributed by atoms with Crippen molar-refractivity contribution in [3.63, 3.8) is 0 Å². The minimum Gasteiger partial charge on any atom is -0.467 e. The number of amides is 1. The topological polar surface area (TPSA) is 84.9 Å². The fourth-order valence-electron chi connectivity index (χ4n) is 3.32. The van der Waals surface area contributed by atoms with Crippen molar-refractivity contribution >= 4 is 12.1 Å². The van der Waals surface area contributed by atoms with Gasteiger partial charge in [-0.15, -0.1) is 0 Å². The molecule has 2 rings (SSSR count). The first-order chi connectivity index (χ1) is 9.17. The molecule has 0 saturated heterocycles.